The van der Waals surface area contributed by atoms with Crippen molar-refractivity contribution in [1.29, 1.82) is 0 Å². The van der Waals surface area contributed by atoms with Crippen molar-refractivity contribution in [3.05, 3.63) is 78.6 Å². The largest absolute Gasteiger partial charge is 0.393 e. The third kappa shape index (κ3) is 4.12. The molecule has 0 spiro atoms. The lowest BCUT2D eigenvalue weighted by Crippen LogP contribution is -2.39. The van der Waals surface area contributed by atoms with Gasteiger partial charge in [0.25, 0.3) is 5.78 Å². The van der Waals surface area contributed by atoms with Gasteiger partial charge in [0.1, 0.15) is 12.1 Å². The average Bonchev–Trinajstić information content (AvgIpc) is 3.22. The van der Waals surface area contributed by atoms with Gasteiger partial charge in [-0.1, -0.05) is 67.6 Å². The maximum absolute atomic E-state index is 10.5. The predicted octanol–water partition coefficient (Wildman–Crippen LogP) is 3.83. The summed E-state index contributed by atoms with van der Waals surface area (Å²) < 4.78 is 1.69. The highest BCUT2D eigenvalue weighted by atomic mass is 16.3. The Hall–Kier alpha value is -3.25. The minimum absolute atomic E-state index is 0.357. The summed E-state index contributed by atoms with van der Waals surface area (Å²) in [6, 6.07) is 22.2. The molecule has 0 amide bonds. The number of hydrogen-bond acceptors (Lipinski definition) is 5. The number of nitrogens with zero attached hydrogens (tertiary/aromatic N) is 4. The molecule has 0 saturated carbocycles. The van der Waals surface area contributed by atoms with Crippen LogP contribution in [0.1, 0.15) is 19.4 Å². The highest BCUT2D eigenvalue weighted by Crippen LogP contribution is 2.28. The SMILES string of the molecule is CC(O)C(C)(CNc1cc(-c2ccccc2)nc2ncnn12)Cc1ccccc1. The van der Waals surface area contributed by atoms with Crippen LogP contribution >= 0.6 is 0 Å². The first kappa shape index (κ1) is 19.1. The standard InChI is InChI=1S/C23H25N5O/c1-17(29)23(2,14-18-9-5-3-6-10-18)15-24-21-13-20(19-11-7-4-8-12-19)27-22-25-16-26-28(21)22/h3-13,16-17,24,29H,14-15H2,1-2H3. The van der Waals surface area contributed by atoms with Gasteiger partial charge < -0.3 is 10.4 Å². The smallest absolute Gasteiger partial charge is 0.254 e. The maximum Gasteiger partial charge on any atom is 0.254 e. The summed E-state index contributed by atoms with van der Waals surface area (Å²) >= 11 is 0. The van der Waals surface area contributed by atoms with Gasteiger partial charge in [0.15, 0.2) is 0 Å². The van der Waals surface area contributed by atoms with Crippen LogP contribution in [0.5, 0.6) is 0 Å². The molecule has 29 heavy (non-hydrogen) atoms. The zero-order valence-corrected chi connectivity index (χ0v) is 16.7. The van der Waals surface area contributed by atoms with Crippen molar-refractivity contribution < 1.29 is 5.11 Å². The van der Waals surface area contributed by atoms with Gasteiger partial charge in [-0.15, -0.1) is 0 Å². The van der Waals surface area contributed by atoms with Gasteiger partial charge >= 0.3 is 0 Å². The van der Waals surface area contributed by atoms with Gasteiger partial charge in [-0.25, -0.2) is 4.98 Å². The van der Waals surface area contributed by atoms with Crippen molar-refractivity contribution in [2.24, 2.45) is 5.41 Å². The lowest BCUT2D eigenvalue weighted by atomic mass is 9.79. The Labute approximate surface area is 170 Å². The van der Waals surface area contributed by atoms with Crippen molar-refractivity contribution >= 4 is 11.6 Å². The second kappa shape index (κ2) is 8.01. The van der Waals surface area contributed by atoms with E-state index in [1.165, 1.54) is 11.9 Å². The molecule has 148 valence electrons. The number of rotatable bonds is 7. The summed E-state index contributed by atoms with van der Waals surface area (Å²) in [5, 5.41) is 18.3. The Bertz CT molecular complexity index is 1080. The van der Waals surface area contributed by atoms with Gasteiger partial charge in [0, 0.05) is 23.6 Å². The van der Waals surface area contributed by atoms with Crippen molar-refractivity contribution in [3.8, 4) is 11.3 Å². The molecule has 2 unspecified atom stereocenters. The Kier molecular flexibility index (Phi) is 5.27. The lowest BCUT2D eigenvalue weighted by molar-refractivity contribution is 0.0619. The number of fused-ring (bicyclic) bond motifs is 1. The van der Waals surface area contributed by atoms with Crippen LogP contribution in [0.4, 0.5) is 5.82 Å². The van der Waals surface area contributed by atoms with Crippen LogP contribution in [-0.2, 0) is 6.42 Å². The van der Waals surface area contributed by atoms with Crippen molar-refractivity contribution in [2.45, 2.75) is 26.4 Å². The van der Waals surface area contributed by atoms with E-state index in [4.69, 9.17) is 0 Å². The van der Waals surface area contributed by atoms with E-state index in [1.807, 2.05) is 61.5 Å². The summed E-state index contributed by atoms with van der Waals surface area (Å²) in [5.74, 6) is 1.34. The van der Waals surface area contributed by atoms with Crippen molar-refractivity contribution in [3.63, 3.8) is 0 Å². The molecule has 0 bridgehead atoms. The Morgan fingerprint density at radius 2 is 1.76 bits per heavy atom. The van der Waals surface area contributed by atoms with Gasteiger partial charge in [-0.05, 0) is 18.9 Å². The van der Waals surface area contributed by atoms with E-state index >= 15 is 0 Å². The quantitative estimate of drug-likeness (QED) is 0.504. The van der Waals surface area contributed by atoms with Gasteiger partial charge in [-0.3, -0.25) is 0 Å². The zero-order chi connectivity index (χ0) is 20.3. The van der Waals surface area contributed by atoms with Crippen LogP contribution in [0.2, 0.25) is 0 Å². The molecule has 2 N–H and O–H groups in total. The van der Waals surface area contributed by atoms with Crippen molar-refractivity contribution in [1.82, 2.24) is 19.6 Å². The van der Waals surface area contributed by atoms with E-state index < -0.39 is 6.10 Å². The molecule has 0 aliphatic carbocycles. The first-order valence-electron chi connectivity index (χ1n) is 9.77. The summed E-state index contributed by atoms with van der Waals surface area (Å²) in [6.45, 7) is 4.51. The van der Waals surface area contributed by atoms with Gasteiger partial charge in [0.2, 0.25) is 0 Å². The van der Waals surface area contributed by atoms with Crippen LogP contribution in [0.15, 0.2) is 73.1 Å². The topological polar surface area (TPSA) is 75.3 Å². The van der Waals surface area contributed by atoms with Crippen LogP contribution in [0.3, 0.4) is 0 Å². The molecule has 0 fully saturated rings. The fourth-order valence-electron chi connectivity index (χ4n) is 3.41. The Balaban J connectivity index is 1.63. The highest BCUT2D eigenvalue weighted by molar-refractivity contribution is 5.65. The zero-order valence-electron chi connectivity index (χ0n) is 16.7. The number of aromatic nitrogens is 4. The van der Waals surface area contributed by atoms with Gasteiger partial charge in [0.05, 0.1) is 11.8 Å². The molecule has 4 rings (SSSR count). The summed E-state index contributed by atoms with van der Waals surface area (Å²) in [5.41, 5.74) is 2.69. The molecule has 0 aliphatic rings. The number of hydrogen-bond donors (Lipinski definition) is 2. The summed E-state index contributed by atoms with van der Waals surface area (Å²) in [6.07, 6.45) is 1.77. The second-order valence-corrected chi connectivity index (χ2v) is 7.71. The maximum atomic E-state index is 10.5. The predicted molar refractivity (Wildman–Crippen MR) is 115 cm³/mol. The minimum atomic E-state index is -0.489. The number of anilines is 1. The molecule has 6 heteroatoms. The Morgan fingerprint density at radius 3 is 2.45 bits per heavy atom. The molecular formula is C23H25N5O. The lowest BCUT2D eigenvalue weighted by Gasteiger charge is -2.33. The molecule has 2 aromatic heterocycles. The first-order valence-corrected chi connectivity index (χ1v) is 9.77. The monoisotopic (exact) mass is 387 g/mol. The second-order valence-electron chi connectivity index (χ2n) is 7.71. The molecule has 2 heterocycles. The van der Waals surface area contributed by atoms with E-state index in [9.17, 15) is 5.11 Å². The van der Waals surface area contributed by atoms with E-state index in [1.54, 1.807) is 4.52 Å². The average molecular weight is 387 g/mol. The van der Waals surface area contributed by atoms with E-state index in [0.717, 1.165) is 23.5 Å². The number of aliphatic hydroxyl groups excluding tert-OH is 1. The normalized spacial score (nSPS) is 14.4. The van der Waals surface area contributed by atoms with Crippen LogP contribution in [0.25, 0.3) is 17.0 Å². The van der Waals surface area contributed by atoms with E-state index in [2.05, 4.69) is 39.4 Å². The molecule has 4 aromatic rings. The number of nitrogens with one attached hydrogen (secondary N) is 1. The first-order chi connectivity index (χ1) is 14.0. The number of benzene rings is 2. The van der Waals surface area contributed by atoms with Crippen molar-refractivity contribution in [2.75, 3.05) is 11.9 Å². The summed E-state index contributed by atoms with van der Waals surface area (Å²) in [4.78, 5) is 8.88. The molecule has 2 aromatic carbocycles. The fraction of sp³-hybridized carbons (Fsp3) is 0.261. The molecule has 0 aliphatic heterocycles. The van der Waals surface area contributed by atoms with Crippen LogP contribution in [0, 0.1) is 5.41 Å². The third-order valence-electron chi connectivity index (χ3n) is 5.45. The molecule has 2 atom stereocenters. The van der Waals surface area contributed by atoms with E-state index in [0.29, 0.717) is 12.3 Å². The fourth-order valence-corrected chi connectivity index (χ4v) is 3.41. The van der Waals surface area contributed by atoms with Gasteiger partial charge in [-0.2, -0.15) is 14.6 Å². The minimum Gasteiger partial charge on any atom is -0.393 e. The highest BCUT2D eigenvalue weighted by Gasteiger charge is 2.30. The molecule has 0 saturated heterocycles. The number of aliphatic hydroxyl groups is 1. The van der Waals surface area contributed by atoms with Crippen LogP contribution < -0.4 is 5.32 Å². The molecule has 0 radical (unpaired) electrons. The van der Waals surface area contributed by atoms with Crippen LogP contribution in [-0.4, -0.2) is 37.3 Å². The summed E-state index contributed by atoms with van der Waals surface area (Å²) in [7, 11) is 0. The molecular weight excluding hydrogens is 362 g/mol. The molecule has 6 nitrogen and oxygen atoms in total. The van der Waals surface area contributed by atoms with E-state index in [-0.39, 0.29) is 5.41 Å². The Morgan fingerprint density at radius 1 is 1.07 bits per heavy atom. The third-order valence-corrected chi connectivity index (χ3v) is 5.45.